The molecule has 6 heteroatoms. The number of nitrogens with zero attached hydrogens (tertiary/aromatic N) is 1. The Kier molecular flexibility index (Phi) is 10.4. The number of rotatable bonds is 11. The Hall–Kier alpha value is -3.31. The zero-order chi connectivity index (χ0) is 27.7. The van der Waals surface area contributed by atoms with Crippen molar-refractivity contribution in [3.63, 3.8) is 0 Å². The molecule has 38 heavy (non-hydrogen) atoms. The van der Waals surface area contributed by atoms with Crippen LogP contribution in [0.1, 0.15) is 57.7 Å². The van der Waals surface area contributed by atoms with Crippen molar-refractivity contribution in [2.75, 3.05) is 6.61 Å². The van der Waals surface area contributed by atoms with E-state index in [1.807, 2.05) is 80.6 Å². The maximum absolute atomic E-state index is 13.7. The Balaban J connectivity index is 1.88. The van der Waals surface area contributed by atoms with Crippen molar-refractivity contribution in [3.8, 4) is 5.75 Å². The zero-order valence-electron chi connectivity index (χ0n) is 23.0. The Morgan fingerprint density at radius 3 is 2.13 bits per heavy atom. The summed E-state index contributed by atoms with van der Waals surface area (Å²) in [5, 5.41) is 3.69. The van der Waals surface area contributed by atoms with E-state index in [4.69, 9.17) is 16.3 Å². The summed E-state index contributed by atoms with van der Waals surface area (Å²) < 4.78 is 5.91. The molecule has 0 aliphatic rings. The molecular weight excluding hydrogens is 496 g/mol. The average Bonchev–Trinajstić information content (AvgIpc) is 2.90. The van der Waals surface area contributed by atoms with Crippen molar-refractivity contribution >= 4 is 23.4 Å². The van der Waals surface area contributed by atoms with Crippen molar-refractivity contribution in [2.24, 2.45) is 0 Å². The third-order valence-corrected chi connectivity index (χ3v) is 6.87. The van der Waals surface area contributed by atoms with E-state index in [9.17, 15) is 9.59 Å². The van der Waals surface area contributed by atoms with E-state index in [2.05, 4.69) is 26.1 Å². The Labute approximate surface area is 232 Å². The lowest BCUT2D eigenvalue weighted by atomic mass is 9.87. The number of benzene rings is 3. The van der Waals surface area contributed by atoms with Gasteiger partial charge in [-0.3, -0.25) is 9.59 Å². The second kappa shape index (κ2) is 13.5. The van der Waals surface area contributed by atoms with Gasteiger partial charge in [0.2, 0.25) is 5.91 Å². The third kappa shape index (κ3) is 8.63. The van der Waals surface area contributed by atoms with Crippen molar-refractivity contribution in [1.82, 2.24) is 10.2 Å². The lowest BCUT2D eigenvalue weighted by Gasteiger charge is -2.32. The molecule has 1 N–H and O–H groups in total. The number of ether oxygens (including phenoxy) is 1. The summed E-state index contributed by atoms with van der Waals surface area (Å²) in [6, 6.07) is 24.2. The van der Waals surface area contributed by atoms with E-state index in [0.717, 1.165) is 17.5 Å². The SMILES string of the molecule is CC[C@@H](C)NC(=O)[C@H](Cc1ccccc1)N(Cc1ccc(Cl)cc1)C(=O)COc1ccc(C(C)(C)C)cc1. The van der Waals surface area contributed by atoms with Crippen molar-refractivity contribution < 1.29 is 14.3 Å². The topological polar surface area (TPSA) is 58.6 Å². The molecule has 5 nitrogen and oxygen atoms in total. The molecular formula is C32H39ClN2O3. The first-order valence-electron chi connectivity index (χ1n) is 13.2. The minimum Gasteiger partial charge on any atom is -0.484 e. The van der Waals surface area contributed by atoms with Crippen LogP contribution in [0.3, 0.4) is 0 Å². The first-order valence-corrected chi connectivity index (χ1v) is 13.6. The highest BCUT2D eigenvalue weighted by Gasteiger charge is 2.31. The van der Waals surface area contributed by atoms with Crippen LogP contribution in [0.4, 0.5) is 0 Å². The van der Waals surface area contributed by atoms with E-state index < -0.39 is 6.04 Å². The molecule has 2 atom stereocenters. The molecule has 0 saturated heterocycles. The fraction of sp³-hybridized carbons (Fsp3) is 0.375. The van der Waals surface area contributed by atoms with Gasteiger partial charge in [0.25, 0.3) is 5.91 Å². The van der Waals surface area contributed by atoms with E-state index in [1.165, 1.54) is 5.56 Å². The van der Waals surface area contributed by atoms with Gasteiger partial charge in [-0.15, -0.1) is 0 Å². The first-order chi connectivity index (χ1) is 18.1. The minimum atomic E-state index is -0.707. The summed E-state index contributed by atoms with van der Waals surface area (Å²) in [5.74, 6) is 0.168. The van der Waals surface area contributed by atoms with Crippen molar-refractivity contribution in [3.05, 3.63) is 101 Å². The summed E-state index contributed by atoms with van der Waals surface area (Å²) in [6.07, 6.45) is 1.19. The number of hydrogen-bond donors (Lipinski definition) is 1. The fourth-order valence-electron chi connectivity index (χ4n) is 4.06. The van der Waals surface area contributed by atoms with Gasteiger partial charge in [-0.25, -0.2) is 0 Å². The fourth-order valence-corrected chi connectivity index (χ4v) is 4.19. The van der Waals surface area contributed by atoms with E-state index >= 15 is 0 Å². The predicted octanol–water partition coefficient (Wildman–Crippen LogP) is 6.57. The molecule has 0 bridgehead atoms. The second-order valence-electron chi connectivity index (χ2n) is 10.7. The van der Waals surface area contributed by atoms with Crippen LogP contribution in [0.25, 0.3) is 0 Å². The standard InChI is InChI=1S/C32H39ClN2O3/c1-6-23(2)34-31(37)29(20-24-10-8-7-9-11-24)35(21-25-12-16-27(33)17-13-25)30(36)22-38-28-18-14-26(15-19-28)32(3,4)5/h7-19,23,29H,6,20-22H2,1-5H3,(H,34,37)/t23-,29+/m1/s1. The average molecular weight is 535 g/mol. The van der Waals surface area contributed by atoms with Gasteiger partial charge in [-0.1, -0.05) is 93.9 Å². The molecule has 0 unspecified atom stereocenters. The number of amides is 2. The highest BCUT2D eigenvalue weighted by molar-refractivity contribution is 6.30. The molecule has 0 aromatic heterocycles. The van der Waals surface area contributed by atoms with Gasteiger partial charge in [0.05, 0.1) is 0 Å². The van der Waals surface area contributed by atoms with Crippen LogP contribution < -0.4 is 10.1 Å². The largest absolute Gasteiger partial charge is 0.484 e. The second-order valence-corrected chi connectivity index (χ2v) is 11.2. The normalized spacial score (nSPS) is 12.9. The van der Waals surface area contributed by atoms with Gasteiger partial charge in [-0.05, 0) is 59.7 Å². The molecule has 0 radical (unpaired) electrons. The van der Waals surface area contributed by atoms with E-state index in [-0.39, 0.29) is 36.4 Å². The number of hydrogen-bond acceptors (Lipinski definition) is 3. The quantitative estimate of drug-likeness (QED) is 0.302. The molecule has 3 aromatic rings. The van der Waals surface area contributed by atoms with Crippen LogP contribution in [-0.4, -0.2) is 35.4 Å². The minimum absolute atomic E-state index is 0.00848. The van der Waals surface area contributed by atoms with Crippen LogP contribution in [0.2, 0.25) is 5.02 Å². The van der Waals surface area contributed by atoms with Crippen LogP contribution in [0, 0.1) is 0 Å². The Bertz CT molecular complexity index is 1170. The third-order valence-electron chi connectivity index (χ3n) is 6.62. The summed E-state index contributed by atoms with van der Waals surface area (Å²) in [5.41, 5.74) is 3.07. The van der Waals surface area contributed by atoms with Gasteiger partial charge in [0.1, 0.15) is 11.8 Å². The summed E-state index contributed by atoms with van der Waals surface area (Å²) in [4.78, 5) is 28.9. The predicted molar refractivity (Wildman–Crippen MR) is 154 cm³/mol. The number of carbonyl (C=O) groups excluding carboxylic acids is 2. The van der Waals surface area contributed by atoms with E-state index in [1.54, 1.807) is 17.0 Å². The van der Waals surface area contributed by atoms with E-state index in [0.29, 0.717) is 17.2 Å². The molecule has 0 heterocycles. The number of carbonyl (C=O) groups is 2. The maximum Gasteiger partial charge on any atom is 0.261 e. The smallest absolute Gasteiger partial charge is 0.261 e. The van der Waals surface area contributed by atoms with Gasteiger partial charge in [0, 0.05) is 24.0 Å². The highest BCUT2D eigenvalue weighted by Crippen LogP contribution is 2.24. The summed E-state index contributed by atoms with van der Waals surface area (Å²) in [6.45, 7) is 10.5. The first kappa shape index (κ1) is 29.2. The maximum atomic E-state index is 13.7. The van der Waals surface area contributed by atoms with Crippen LogP contribution in [-0.2, 0) is 28.0 Å². The molecule has 202 valence electrons. The lowest BCUT2D eigenvalue weighted by molar-refractivity contribution is -0.143. The number of halogens is 1. The Morgan fingerprint density at radius 1 is 0.921 bits per heavy atom. The molecule has 0 aliphatic carbocycles. The summed E-state index contributed by atoms with van der Waals surface area (Å²) >= 11 is 6.10. The zero-order valence-corrected chi connectivity index (χ0v) is 23.8. The van der Waals surface area contributed by atoms with Crippen LogP contribution >= 0.6 is 11.6 Å². The molecule has 0 aliphatic heterocycles. The van der Waals surface area contributed by atoms with Crippen LogP contribution in [0.15, 0.2) is 78.9 Å². The molecule has 0 spiro atoms. The highest BCUT2D eigenvalue weighted by atomic mass is 35.5. The summed E-state index contributed by atoms with van der Waals surface area (Å²) in [7, 11) is 0. The molecule has 0 saturated carbocycles. The Morgan fingerprint density at radius 2 is 1.55 bits per heavy atom. The molecule has 3 rings (SSSR count). The number of nitrogens with one attached hydrogen (secondary N) is 1. The molecule has 0 fully saturated rings. The molecule has 2 amide bonds. The molecule has 3 aromatic carbocycles. The van der Waals surface area contributed by atoms with Gasteiger partial charge >= 0.3 is 0 Å². The van der Waals surface area contributed by atoms with Gasteiger partial charge < -0.3 is 15.0 Å². The van der Waals surface area contributed by atoms with Gasteiger partial charge in [-0.2, -0.15) is 0 Å². The van der Waals surface area contributed by atoms with Gasteiger partial charge in [0.15, 0.2) is 6.61 Å². The van der Waals surface area contributed by atoms with Crippen LogP contribution in [0.5, 0.6) is 5.75 Å². The van der Waals surface area contributed by atoms with Crippen molar-refractivity contribution in [1.29, 1.82) is 0 Å². The lowest BCUT2D eigenvalue weighted by Crippen LogP contribution is -2.53. The monoisotopic (exact) mass is 534 g/mol. The van der Waals surface area contributed by atoms with Crippen molar-refractivity contribution in [2.45, 2.75) is 71.5 Å².